The Morgan fingerprint density at radius 1 is 1.24 bits per heavy atom. The van der Waals surface area contributed by atoms with Crippen molar-refractivity contribution in [1.29, 1.82) is 0 Å². The van der Waals surface area contributed by atoms with E-state index in [4.69, 9.17) is 0 Å². The third-order valence-corrected chi connectivity index (χ3v) is 4.47. The largest absolute Gasteiger partial charge is 0.395 e. The number of hydrogen-bond donors (Lipinski definition) is 2. The molecule has 0 radical (unpaired) electrons. The van der Waals surface area contributed by atoms with Crippen LogP contribution in [0.5, 0.6) is 0 Å². The molecule has 0 spiro atoms. The Kier molecular flexibility index (Phi) is 9.16. The third kappa shape index (κ3) is 6.47. The lowest BCUT2D eigenvalue weighted by molar-refractivity contribution is 0.159. The van der Waals surface area contributed by atoms with Gasteiger partial charge in [0.25, 0.3) is 0 Å². The summed E-state index contributed by atoms with van der Waals surface area (Å²) in [7, 11) is 0. The molecule has 2 N–H and O–H groups in total. The van der Waals surface area contributed by atoms with Gasteiger partial charge in [-0.15, -0.1) is 0 Å². The fourth-order valence-electron chi connectivity index (χ4n) is 2.50. The first-order chi connectivity index (χ1) is 10.1. The van der Waals surface area contributed by atoms with Gasteiger partial charge in [0.1, 0.15) is 0 Å². The van der Waals surface area contributed by atoms with Crippen LogP contribution in [0, 0.1) is 0 Å². The lowest BCUT2D eigenvalue weighted by Gasteiger charge is -2.28. The maximum Gasteiger partial charge on any atom is 0.0558 e. The molecular formula is C17H29BrN2O. The maximum atomic E-state index is 9.19. The summed E-state index contributed by atoms with van der Waals surface area (Å²) in [6.45, 7) is 9.53. The molecule has 1 aromatic rings. The monoisotopic (exact) mass is 356 g/mol. The minimum absolute atomic E-state index is 0.222. The van der Waals surface area contributed by atoms with E-state index in [1.807, 2.05) is 0 Å². The summed E-state index contributed by atoms with van der Waals surface area (Å²) in [4.78, 5) is 2.33. The Morgan fingerprint density at radius 3 is 2.52 bits per heavy atom. The zero-order chi connectivity index (χ0) is 15.7. The maximum absolute atomic E-state index is 9.19. The van der Waals surface area contributed by atoms with Gasteiger partial charge in [-0.25, -0.2) is 0 Å². The van der Waals surface area contributed by atoms with E-state index in [0.717, 1.165) is 36.9 Å². The van der Waals surface area contributed by atoms with Gasteiger partial charge in [0.05, 0.1) is 6.61 Å². The van der Waals surface area contributed by atoms with Gasteiger partial charge in [0, 0.05) is 29.6 Å². The molecule has 0 amide bonds. The van der Waals surface area contributed by atoms with E-state index >= 15 is 0 Å². The standard InChI is InChI=1S/C17H29BrN2O/c1-4-10-19-17(15-7-5-6-8-16(15)18)9-11-20(12-13-21)14(2)3/h5-8,14,17,19,21H,4,9-13H2,1-3H3. The summed E-state index contributed by atoms with van der Waals surface area (Å²) >= 11 is 3.66. The minimum Gasteiger partial charge on any atom is -0.395 e. The van der Waals surface area contributed by atoms with Crippen molar-refractivity contribution in [3.63, 3.8) is 0 Å². The summed E-state index contributed by atoms with van der Waals surface area (Å²) in [5, 5.41) is 12.8. The van der Waals surface area contributed by atoms with E-state index in [9.17, 15) is 5.11 Å². The van der Waals surface area contributed by atoms with Crippen LogP contribution in [0.25, 0.3) is 0 Å². The number of nitrogens with one attached hydrogen (secondary N) is 1. The molecule has 1 rings (SSSR count). The van der Waals surface area contributed by atoms with E-state index in [1.54, 1.807) is 0 Å². The average Bonchev–Trinajstić information content (AvgIpc) is 2.47. The SMILES string of the molecule is CCCNC(CCN(CCO)C(C)C)c1ccccc1Br. The summed E-state index contributed by atoms with van der Waals surface area (Å²) < 4.78 is 1.16. The van der Waals surface area contributed by atoms with Crippen molar-refractivity contribution in [2.75, 3.05) is 26.2 Å². The molecule has 0 saturated heterocycles. The molecule has 0 aliphatic heterocycles. The van der Waals surface area contributed by atoms with Crippen LogP contribution in [0.1, 0.15) is 45.2 Å². The number of benzene rings is 1. The van der Waals surface area contributed by atoms with E-state index in [0.29, 0.717) is 12.1 Å². The average molecular weight is 357 g/mol. The highest BCUT2D eigenvalue weighted by Crippen LogP contribution is 2.26. The minimum atomic E-state index is 0.222. The number of aliphatic hydroxyl groups excluding tert-OH is 1. The molecule has 21 heavy (non-hydrogen) atoms. The molecular weight excluding hydrogens is 328 g/mol. The number of nitrogens with zero attached hydrogens (tertiary/aromatic N) is 1. The van der Waals surface area contributed by atoms with Crippen LogP contribution in [0.3, 0.4) is 0 Å². The summed E-state index contributed by atoms with van der Waals surface area (Å²) in [5.74, 6) is 0. The number of aliphatic hydroxyl groups is 1. The Hall–Kier alpha value is -0.420. The molecule has 0 bridgehead atoms. The molecule has 1 unspecified atom stereocenters. The van der Waals surface area contributed by atoms with Crippen molar-refractivity contribution in [2.45, 2.75) is 45.7 Å². The van der Waals surface area contributed by atoms with E-state index < -0.39 is 0 Å². The molecule has 0 saturated carbocycles. The van der Waals surface area contributed by atoms with Gasteiger partial charge >= 0.3 is 0 Å². The fourth-order valence-corrected chi connectivity index (χ4v) is 3.06. The molecule has 0 fully saturated rings. The number of halogens is 1. The molecule has 0 aromatic heterocycles. The van der Waals surface area contributed by atoms with Crippen LogP contribution < -0.4 is 5.32 Å². The van der Waals surface area contributed by atoms with E-state index in [2.05, 4.69) is 71.2 Å². The van der Waals surface area contributed by atoms with Gasteiger partial charge in [0.15, 0.2) is 0 Å². The molecule has 1 atom stereocenters. The molecule has 0 aliphatic carbocycles. The van der Waals surface area contributed by atoms with Crippen molar-refractivity contribution >= 4 is 15.9 Å². The molecule has 120 valence electrons. The second-order valence-electron chi connectivity index (χ2n) is 5.67. The van der Waals surface area contributed by atoms with Crippen LogP contribution in [0.4, 0.5) is 0 Å². The van der Waals surface area contributed by atoms with E-state index in [1.165, 1.54) is 5.56 Å². The normalized spacial score (nSPS) is 13.1. The van der Waals surface area contributed by atoms with Crippen molar-refractivity contribution < 1.29 is 5.11 Å². The van der Waals surface area contributed by atoms with Crippen molar-refractivity contribution in [3.05, 3.63) is 34.3 Å². The van der Waals surface area contributed by atoms with Crippen LogP contribution in [0.15, 0.2) is 28.7 Å². The predicted molar refractivity (Wildman–Crippen MR) is 93.6 cm³/mol. The summed E-state index contributed by atoms with van der Waals surface area (Å²) in [6.07, 6.45) is 2.17. The molecule has 0 aliphatic rings. The molecule has 3 nitrogen and oxygen atoms in total. The van der Waals surface area contributed by atoms with Crippen LogP contribution in [-0.4, -0.2) is 42.3 Å². The summed E-state index contributed by atoms with van der Waals surface area (Å²) in [6, 6.07) is 9.24. The highest BCUT2D eigenvalue weighted by molar-refractivity contribution is 9.10. The second kappa shape index (κ2) is 10.3. The van der Waals surface area contributed by atoms with Crippen molar-refractivity contribution in [2.24, 2.45) is 0 Å². The van der Waals surface area contributed by atoms with Gasteiger partial charge in [0.2, 0.25) is 0 Å². The van der Waals surface area contributed by atoms with Crippen molar-refractivity contribution in [1.82, 2.24) is 10.2 Å². The first-order valence-electron chi connectivity index (χ1n) is 7.92. The van der Waals surface area contributed by atoms with Gasteiger partial charge in [-0.2, -0.15) is 0 Å². The predicted octanol–water partition coefficient (Wildman–Crippen LogP) is 3.58. The fraction of sp³-hybridized carbons (Fsp3) is 0.647. The molecule has 0 heterocycles. The molecule has 1 aromatic carbocycles. The lowest BCUT2D eigenvalue weighted by Crippen LogP contribution is -2.36. The highest BCUT2D eigenvalue weighted by Gasteiger charge is 2.16. The topological polar surface area (TPSA) is 35.5 Å². The third-order valence-electron chi connectivity index (χ3n) is 3.74. The second-order valence-corrected chi connectivity index (χ2v) is 6.52. The smallest absolute Gasteiger partial charge is 0.0558 e. The highest BCUT2D eigenvalue weighted by atomic mass is 79.9. The lowest BCUT2D eigenvalue weighted by atomic mass is 10.0. The van der Waals surface area contributed by atoms with Gasteiger partial charge in [-0.1, -0.05) is 41.1 Å². The van der Waals surface area contributed by atoms with Crippen LogP contribution in [-0.2, 0) is 0 Å². The van der Waals surface area contributed by atoms with Crippen LogP contribution in [0.2, 0.25) is 0 Å². The number of rotatable bonds is 10. The Labute approximate surface area is 137 Å². The molecule has 4 heteroatoms. The first-order valence-corrected chi connectivity index (χ1v) is 8.72. The van der Waals surface area contributed by atoms with Gasteiger partial charge in [-0.3, -0.25) is 4.90 Å². The zero-order valence-electron chi connectivity index (χ0n) is 13.5. The Morgan fingerprint density at radius 2 is 1.95 bits per heavy atom. The van der Waals surface area contributed by atoms with Crippen LogP contribution >= 0.6 is 15.9 Å². The first kappa shape index (κ1) is 18.6. The zero-order valence-corrected chi connectivity index (χ0v) is 15.1. The van der Waals surface area contributed by atoms with E-state index in [-0.39, 0.29) is 6.61 Å². The van der Waals surface area contributed by atoms with Gasteiger partial charge < -0.3 is 10.4 Å². The van der Waals surface area contributed by atoms with Crippen molar-refractivity contribution in [3.8, 4) is 0 Å². The quantitative estimate of drug-likeness (QED) is 0.672. The Bertz CT molecular complexity index is 398. The Balaban J connectivity index is 2.72. The van der Waals surface area contributed by atoms with Gasteiger partial charge in [-0.05, 0) is 44.9 Å². The summed E-state index contributed by atoms with van der Waals surface area (Å²) in [5.41, 5.74) is 1.32. The number of hydrogen-bond acceptors (Lipinski definition) is 3.